The number of hydrogen-bond donors (Lipinski definition) is 2. The maximum absolute atomic E-state index is 13.5. The van der Waals surface area contributed by atoms with Gasteiger partial charge in [0.25, 0.3) is 5.91 Å². The van der Waals surface area contributed by atoms with Crippen molar-refractivity contribution in [3.05, 3.63) is 58.6 Å². The third-order valence-electron chi connectivity index (χ3n) is 2.46. The molecule has 2 N–H and O–H groups in total. The van der Waals surface area contributed by atoms with Crippen LogP contribution in [-0.4, -0.2) is 22.0 Å². The summed E-state index contributed by atoms with van der Waals surface area (Å²) in [5.74, 6) is -2.88. The second-order valence-corrected chi connectivity index (χ2v) is 4.15. The van der Waals surface area contributed by atoms with E-state index in [0.29, 0.717) is 0 Å². The van der Waals surface area contributed by atoms with Crippen LogP contribution in [0.3, 0.4) is 0 Å². The molecule has 1 aromatic carbocycles. The molecule has 7 heteroatoms. The van der Waals surface area contributed by atoms with Crippen molar-refractivity contribution in [3.63, 3.8) is 0 Å². The quantitative estimate of drug-likeness (QED) is 0.853. The molecule has 2 aromatic rings. The lowest BCUT2D eigenvalue weighted by atomic mass is 10.2. The van der Waals surface area contributed by atoms with Gasteiger partial charge in [-0.2, -0.15) is 0 Å². The largest absolute Gasteiger partial charge is 0.478 e. The number of carboxylic acids is 1. The number of carbonyl (C=O) groups excluding carboxylic acids is 1. The summed E-state index contributed by atoms with van der Waals surface area (Å²) in [7, 11) is 0. The maximum atomic E-state index is 13.5. The number of nitrogens with zero attached hydrogens (tertiary/aromatic N) is 1. The fourth-order valence-electron chi connectivity index (χ4n) is 1.52. The van der Waals surface area contributed by atoms with Gasteiger partial charge in [0.05, 0.1) is 11.1 Å². The topological polar surface area (TPSA) is 79.3 Å². The number of pyridine rings is 1. The van der Waals surface area contributed by atoms with Crippen LogP contribution < -0.4 is 5.32 Å². The monoisotopic (exact) mass is 294 g/mol. The molecule has 0 atom stereocenters. The van der Waals surface area contributed by atoms with Crippen LogP contribution in [-0.2, 0) is 0 Å². The summed E-state index contributed by atoms with van der Waals surface area (Å²) in [6.07, 6.45) is 1.43. The van der Waals surface area contributed by atoms with Crippen LogP contribution in [0.4, 0.5) is 10.1 Å². The molecule has 0 saturated carbocycles. The van der Waals surface area contributed by atoms with Crippen LogP contribution in [0.5, 0.6) is 0 Å². The lowest BCUT2D eigenvalue weighted by Crippen LogP contribution is -2.13. The van der Waals surface area contributed by atoms with Gasteiger partial charge in [0, 0.05) is 11.9 Å². The standard InChI is InChI=1S/C13H8ClFN2O3/c14-11-9(2-1-5-16-11)12(18)17-7-3-4-8(13(19)20)10(15)6-7/h1-6H,(H,17,18)(H,19,20). The van der Waals surface area contributed by atoms with Crippen molar-refractivity contribution in [2.45, 2.75) is 0 Å². The zero-order chi connectivity index (χ0) is 14.7. The smallest absolute Gasteiger partial charge is 0.338 e. The van der Waals surface area contributed by atoms with Crippen LogP contribution in [0.25, 0.3) is 0 Å². The molecule has 1 aromatic heterocycles. The first kappa shape index (κ1) is 14.0. The number of benzene rings is 1. The summed E-state index contributed by atoms with van der Waals surface area (Å²) in [6.45, 7) is 0. The number of carboxylic acid groups (broad SMARTS) is 1. The molecule has 0 radical (unpaired) electrons. The van der Waals surface area contributed by atoms with E-state index in [2.05, 4.69) is 10.3 Å². The average molecular weight is 295 g/mol. The van der Waals surface area contributed by atoms with Crippen LogP contribution in [0.2, 0.25) is 5.15 Å². The number of anilines is 1. The minimum atomic E-state index is -1.38. The van der Waals surface area contributed by atoms with Crippen LogP contribution in [0, 0.1) is 5.82 Å². The second kappa shape index (κ2) is 5.66. The highest BCUT2D eigenvalue weighted by atomic mass is 35.5. The molecule has 1 heterocycles. The maximum Gasteiger partial charge on any atom is 0.338 e. The molecule has 0 spiro atoms. The highest BCUT2D eigenvalue weighted by molar-refractivity contribution is 6.33. The van der Waals surface area contributed by atoms with Crippen LogP contribution in [0.15, 0.2) is 36.5 Å². The minimum absolute atomic E-state index is 0.0210. The Morgan fingerprint density at radius 1 is 1.25 bits per heavy atom. The molecule has 0 fully saturated rings. The summed E-state index contributed by atoms with van der Waals surface area (Å²) < 4.78 is 13.5. The highest BCUT2D eigenvalue weighted by Crippen LogP contribution is 2.17. The third-order valence-corrected chi connectivity index (χ3v) is 2.76. The molecule has 20 heavy (non-hydrogen) atoms. The third kappa shape index (κ3) is 2.92. The van der Waals surface area contributed by atoms with E-state index in [9.17, 15) is 14.0 Å². The summed E-state index contributed by atoms with van der Waals surface area (Å²) >= 11 is 5.76. The van der Waals surface area contributed by atoms with Crippen molar-refractivity contribution in [1.82, 2.24) is 4.98 Å². The molecular weight excluding hydrogens is 287 g/mol. The first-order valence-electron chi connectivity index (χ1n) is 5.44. The van der Waals surface area contributed by atoms with E-state index in [-0.39, 0.29) is 16.4 Å². The first-order chi connectivity index (χ1) is 9.49. The number of halogens is 2. The summed E-state index contributed by atoms with van der Waals surface area (Å²) in [5.41, 5.74) is -0.211. The van der Waals surface area contributed by atoms with E-state index < -0.39 is 23.3 Å². The Morgan fingerprint density at radius 3 is 2.60 bits per heavy atom. The van der Waals surface area contributed by atoms with Gasteiger partial charge in [-0.25, -0.2) is 14.2 Å². The fraction of sp³-hybridized carbons (Fsp3) is 0. The Morgan fingerprint density at radius 2 is 2.00 bits per heavy atom. The second-order valence-electron chi connectivity index (χ2n) is 3.80. The Bertz CT molecular complexity index is 691. The van der Waals surface area contributed by atoms with Crippen LogP contribution in [0.1, 0.15) is 20.7 Å². The molecule has 0 aliphatic heterocycles. The van der Waals surface area contributed by atoms with Crippen LogP contribution >= 0.6 is 11.6 Å². The van der Waals surface area contributed by atoms with Gasteiger partial charge in [0.1, 0.15) is 11.0 Å². The molecule has 102 valence electrons. The van der Waals surface area contributed by atoms with Crippen molar-refractivity contribution in [3.8, 4) is 0 Å². The number of hydrogen-bond acceptors (Lipinski definition) is 3. The normalized spacial score (nSPS) is 10.1. The molecule has 0 aliphatic carbocycles. The Balaban J connectivity index is 2.23. The van der Waals surface area contributed by atoms with Crippen molar-refractivity contribution in [2.75, 3.05) is 5.32 Å². The van der Waals surface area contributed by atoms with E-state index in [1.165, 1.54) is 24.4 Å². The Labute approximate surface area is 118 Å². The van der Waals surface area contributed by atoms with Crippen molar-refractivity contribution in [2.24, 2.45) is 0 Å². The van der Waals surface area contributed by atoms with Gasteiger partial charge in [-0.1, -0.05) is 11.6 Å². The van der Waals surface area contributed by atoms with Gasteiger partial charge in [0.2, 0.25) is 0 Å². The van der Waals surface area contributed by atoms with Crippen molar-refractivity contribution >= 4 is 29.2 Å². The van der Waals surface area contributed by atoms with Gasteiger partial charge >= 0.3 is 5.97 Å². The van der Waals surface area contributed by atoms with E-state index in [4.69, 9.17) is 16.7 Å². The summed E-state index contributed by atoms with van der Waals surface area (Å²) in [4.78, 5) is 26.3. The predicted octanol–water partition coefficient (Wildman–Crippen LogP) is 2.82. The molecular formula is C13H8ClFN2O3. The van der Waals surface area contributed by atoms with Gasteiger partial charge in [-0.15, -0.1) is 0 Å². The Hall–Kier alpha value is -2.47. The summed E-state index contributed by atoms with van der Waals surface area (Å²) in [5, 5.41) is 11.1. The highest BCUT2D eigenvalue weighted by Gasteiger charge is 2.14. The van der Waals surface area contributed by atoms with E-state index in [0.717, 1.165) is 12.1 Å². The van der Waals surface area contributed by atoms with Gasteiger partial charge < -0.3 is 10.4 Å². The van der Waals surface area contributed by atoms with Crippen molar-refractivity contribution in [1.29, 1.82) is 0 Å². The molecule has 0 saturated heterocycles. The number of nitrogens with one attached hydrogen (secondary N) is 1. The predicted molar refractivity (Wildman–Crippen MR) is 70.6 cm³/mol. The first-order valence-corrected chi connectivity index (χ1v) is 5.81. The van der Waals surface area contributed by atoms with Gasteiger partial charge in [-0.3, -0.25) is 4.79 Å². The number of carbonyl (C=O) groups is 2. The lowest BCUT2D eigenvalue weighted by Gasteiger charge is -2.07. The van der Waals surface area contributed by atoms with Gasteiger partial charge in [-0.05, 0) is 30.3 Å². The van der Waals surface area contributed by atoms with E-state index in [1.54, 1.807) is 0 Å². The molecule has 0 aliphatic rings. The number of rotatable bonds is 3. The molecule has 0 unspecified atom stereocenters. The average Bonchev–Trinajstić information content (AvgIpc) is 2.38. The molecule has 2 rings (SSSR count). The number of amides is 1. The zero-order valence-electron chi connectivity index (χ0n) is 9.93. The van der Waals surface area contributed by atoms with Gasteiger partial charge in [0.15, 0.2) is 0 Å². The molecule has 0 bridgehead atoms. The van der Waals surface area contributed by atoms with E-state index >= 15 is 0 Å². The summed E-state index contributed by atoms with van der Waals surface area (Å²) in [6, 6.07) is 6.28. The number of aromatic nitrogens is 1. The number of aromatic carboxylic acids is 1. The molecule has 1 amide bonds. The SMILES string of the molecule is O=C(O)c1ccc(NC(=O)c2cccnc2Cl)cc1F. The molecule has 5 nitrogen and oxygen atoms in total. The van der Waals surface area contributed by atoms with E-state index in [1.807, 2.05) is 0 Å². The lowest BCUT2D eigenvalue weighted by molar-refractivity contribution is 0.0692. The zero-order valence-corrected chi connectivity index (χ0v) is 10.7. The fourth-order valence-corrected chi connectivity index (χ4v) is 1.73. The Kier molecular flexibility index (Phi) is 3.95. The minimum Gasteiger partial charge on any atom is -0.478 e. The van der Waals surface area contributed by atoms with Crippen molar-refractivity contribution < 1.29 is 19.1 Å².